The van der Waals surface area contributed by atoms with E-state index in [0.717, 1.165) is 24.8 Å². The van der Waals surface area contributed by atoms with E-state index in [0.29, 0.717) is 13.0 Å². The van der Waals surface area contributed by atoms with E-state index in [1.54, 1.807) is 0 Å². The zero-order chi connectivity index (χ0) is 9.90. The number of nitrogens with two attached hydrogens (primary N) is 1. The molecule has 1 amide bonds. The predicted molar refractivity (Wildman–Crippen MR) is 53.2 cm³/mol. The molecule has 0 saturated heterocycles. The highest BCUT2D eigenvalue weighted by molar-refractivity contribution is 5.77. The lowest BCUT2D eigenvalue weighted by molar-refractivity contribution is -0.122. The van der Waals surface area contributed by atoms with Gasteiger partial charge >= 0.3 is 0 Å². The minimum absolute atomic E-state index is 0.0465. The van der Waals surface area contributed by atoms with Gasteiger partial charge in [-0.3, -0.25) is 4.79 Å². The first kappa shape index (κ1) is 10.3. The Hall–Kier alpha value is -0.830. The Bertz CT molecular complexity index is 219. The van der Waals surface area contributed by atoms with Gasteiger partial charge in [0, 0.05) is 18.5 Å². The summed E-state index contributed by atoms with van der Waals surface area (Å²) in [5.74, 6) is 0.0465. The molecule has 1 rings (SSSR count). The van der Waals surface area contributed by atoms with Gasteiger partial charge in [-0.25, -0.2) is 0 Å². The van der Waals surface area contributed by atoms with E-state index in [9.17, 15) is 4.79 Å². The molecule has 3 N–H and O–H groups in total. The maximum Gasteiger partial charge on any atom is 0.222 e. The van der Waals surface area contributed by atoms with E-state index in [1.807, 2.05) is 6.92 Å². The molecule has 1 aliphatic carbocycles. The molecule has 13 heavy (non-hydrogen) atoms. The molecule has 0 spiro atoms. The lowest BCUT2D eigenvalue weighted by Gasteiger charge is -2.37. The molecule has 1 fully saturated rings. The highest BCUT2D eigenvalue weighted by atomic mass is 16.1. The Morgan fingerprint density at radius 1 is 1.62 bits per heavy atom. The van der Waals surface area contributed by atoms with Crippen LogP contribution in [0.2, 0.25) is 0 Å². The third-order valence-corrected chi connectivity index (χ3v) is 2.45. The third kappa shape index (κ3) is 3.19. The quantitative estimate of drug-likeness (QED) is 0.636. The Labute approximate surface area is 79.4 Å². The fraction of sp³-hybridized carbons (Fsp3) is 0.700. The van der Waals surface area contributed by atoms with Crippen LogP contribution in [-0.4, -0.2) is 18.0 Å². The van der Waals surface area contributed by atoms with Crippen LogP contribution in [0.1, 0.15) is 32.6 Å². The van der Waals surface area contributed by atoms with Crippen molar-refractivity contribution in [3.63, 3.8) is 0 Å². The number of hydrogen-bond donors (Lipinski definition) is 2. The number of carbonyl (C=O) groups excluding carboxylic acids is 1. The van der Waals surface area contributed by atoms with Gasteiger partial charge in [-0.05, 0) is 26.2 Å². The molecule has 0 aromatic carbocycles. The summed E-state index contributed by atoms with van der Waals surface area (Å²) < 4.78 is 0. The van der Waals surface area contributed by atoms with Crippen LogP contribution in [0.3, 0.4) is 0 Å². The molecule has 74 valence electrons. The molecule has 3 nitrogen and oxygen atoms in total. The third-order valence-electron chi connectivity index (χ3n) is 2.45. The molecule has 0 bridgehead atoms. The van der Waals surface area contributed by atoms with Crippen LogP contribution in [0.4, 0.5) is 0 Å². The molecule has 1 saturated carbocycles. The first-order valence-corrected chi connectivity index (χ1v) is 4.72. The van der Waals surface area contributed by atoms with E-state index in [1.165, 1.54) is 0 Å². The fourth-order valence-corrected chi connectivity index (χ4v) is 1.44. The van der Waals surface area contributed by atoms with Gasteiger partial charge in [-0.2, -0.15) is 0 Å². The Balaban J connectivity index is 2.21. The van der Waals surface area contributed by atoms with E-state index < -0.39 is 0 Å². The van der Waals surface area contributed by atoms with Crippen molar-refractivity contribution in [1.29, 1.82) is 0 Å². The summed E-state index contributed by atoms with van der Waals surface area (Å²) in [5, 5.41) is 2.79. The Morgan fingerprint density at radius 3 is 2.62 bits per heavy atom. The normalized spacial score (nSPS) is 18.9. The van der Waals surface area contributed by atoms with Crippen molar-refractivity contribution in [2.75, 3.05) is 6.54 Å². The molecule has 0 aromatic rings. The van der Waals surface area contributed by atoms with Crippen LogP contribution >= 0.6 is 0 Å². The average Bonchev–Trinajstić information content (AvgIpc) is 1.98. The SMILES string of the molecule is C=C(C)CNC(=O)CC1(N)CCC1. The van der Waals surface area contributed by atoms with E-state index in [4.69, 9.17) is 5.73 Å². The van der Waals surface area contributed by atoms with Crippen LogP contribution in [-0.2, 0) is 4.79 Å². The monoisotopic (exact) mass is 182 g/mol. The summed E-state index contributed by atoms with van der Waals surface area (Å²) in [5.41, 5.74) is 6.68. The second kappa shape index (κ2) is 3.92. The van der Waals surface area contributed by atoms with Crippen LogP contribution in [0, 0.1) is 0 Å². The second-order valence-corrected chi connectivity index (χ2v) is 4.13. The second-order valence-electron chi connectivity index (χ2n) is 4.13. The maximum absolute atomic E-state index is 11.3. The fourth-order valence-electron chi connectivity index (χ4n) is 1.44. The van der Waals surface area contributed by atoms with Gasteiger partial charge in [-0.1, -0.05) is 12.2 Å². The highest BCUT2D eigenvalue weighted by Crippen LogP contribution is 2.31. The summed E-state index contributed by atoms with van der Waals surface area (Å²) >= 11 is 0. The topological polar surface area (TPSA) is 55.1 Å². The van der Waals surface area contributed by atoms with Crippen molar-refractivity contribution in [1.82, 2.24) is 5.32 Å². The Kier molecular flexibility index (Phi) is 3.09. The highest BCUT2D eigenvalue weighted by Gasteiger charge is 2.34. The molecular formula is C10H18N2O. The number of amides is 1. The van der Waals surface area contributed by atoms with Crippen LogP contribution in [0.25, 0.3) is 0 Å². The minimum atomic E-state index is -0.209. The number of nitrogens with one attached hydrogen (secondary N) is 1. The van der Waals surface area contributed by atoms with Gasteiger partial charge in [0.25, 0.3) is 0 Å². The van der Waals surface area contributed by atoms with Crippen LogP contribution < -0.4 is 11.1 Å². The average molecular weight is 182 g/mol. The summed E-state index contributed by atoms with van der Waals surface area (Å²) in [6.45, 7) is 6.17. The maximum atomic E-state index is 11.3. The lowest BCUT2D eigenvalue weighted by Crippen LogP contribution is -2.50. The number of hydrogen-bond acceptors (Lipinski definition) is 2. The van der Waals surface area contributed by atoms with Gasteiger partial charge in [0.1, 0.15) is 0 Å². The molecule has 0 aromatic heterocycles. The van der Waals surface area contributed by atoms with Gasteiger partial charge in [0.05, 0.1) is 0 Å². The summed E-state index contributed by atoms with van der Waals surface area (Å²) in [6, 6.07) is 0. The van der Waals surface area contributed by atoms with E-state index in [2.05, 4.69) is 11.9 Å². The number of carbonyl (C=O) groups is 1. The predicted octanol–water partition coefficient (Wildman–Crippen LogP) is 0.950. The molecule has 0 radical (unpaired) electrons. The molecule has 3 heteroatoms. The van der Waals surface area contributed by atoms with Crippen LogP contribution in [0.5, 0.6) is 0 Å². The first-order valence-electron chi connectivity index (χ1n) is 4.72. The van der Waals surface area contributed by atoms with Crippen molar-refractivity contribution >= 4 is 5.91 Å². The molecule has 0 heterocycles. The first-order chi connectivity index (χ1) is 6.02. The van der Waals surface area contributed by atoms with Gasteiger partial charge in [0.15, 0.2) is 0 Å². The van der Waals surface area contributed by atoms with Crippen molar-refractivity contribution in [3.05, 3.63) is 12.2 Å². The summed E-state index contributed by atoms with van der Waals surface area (Å²) in [4.78, 5) is 11.3. The summed E-state index contributed by atoms with van der Waals surface area (Å²) in [7, 11) is 0. The molecule has 0 atom stereocenters. The van der Waals surface area contributed by atoms with Crippen molar-refractivity contribution in [3.8, 4) is 0 Å². The smallest absolute Gasteiger partial charge is 0.222 e. The standard InChI is InChI=1S/C10H18N2O/c1-8(2)7-12-9(13)6-10(11)4-3-5-10/h1,3-7,11H2,2H3,(H,12,13). The minimum Gasteiger partial charge on any atom is -0.352 e. The molecule has 1 aliphatic rings. The molecular weight excluding hydrogens is 164 g/mol. The molecule has 0 aliphatic heterocycles. The zero-order valence-electron chi connectivity index (χ0n) is 8.23. The van der Waals surface area contributed by atoms with Crippen molar-refractivity contribution in [2.45, 2.75) is 38.1 Å². The van der Waals surface area contributed by atoms with Crippen molar-refractivity contribution in [2.24, 2.45) is 5.73 Å². The van der Waals surface area contributed by atoms with Gasteiger partial charge in [0.2, 0.25) is 5.91 Å². The van der Waals surface area contributed by atoms with Gasteiger partial charge in [-0.15, -0.1) is 0 Å². The van der Waals surface area contributed by atoms with Gasteiger partial charge < -0.3 is 11.1 Å². The van der Waals surface area contributed by atoms with E-state index in [-0.39, 0.29) is 11.4 Å². The largest absolute Gasteiger partial charge is 0.352 e. The zero-order valence-corrected chi connectivity index (χ0v) is 8.23. The number of rotatable bonds is 4. The van der Waals surface area contributed by atoms with Crippen LogP contribution in [0.15, 0.2) is 12.2 Å². The van der Waals surface area contributed by atoms with E-state index >= 15 is 0 Å². The lowest BCUT2D eigenvalue weighted by atomic mass is 9.75. The van der Waals surface area contributed by atoms with Crippen molar-refractivity contribution < 1.29 is 4.79 Å². The Morgan fingerprint density at radius 2 is 2.23 bits per heavy atom. The molecule has 0 unspecified atom stereocenters. The summed E-state index contributed by atoms with van der Waals surface area (Å²) in [6.07, 6.45) is 3.57.